The van der Waals surface area contributed by atoms with E-state index in [1.54, 1.807) is 30.3 Å². The van der Waals surface area contributed by atoms with Crippen LogP contribution in [-0.4, -0.2) is 13.5 Å². The van der Waals surface area contributed by atoms with Crippen molar-refractivity contribution in [2.75, 3.05) is 5.73 Å². The molecule has 3 N–H and O–H groups in total. The minimum absolute atomic E-state index is 0.104. The van der Waals surface area contributed by atoms with Gasteiger partial charge >= 0.3 is 0 Å². The number of rotatable bonds is 4. The van der Waals surface area contributed by atoms with Crippen molar-refractivity contribution in [3.8, 4) is 17.2 Å². The summed E-state index contributed by atoms with van der Waals surface area (Å²) in [4.78, 5) is -0.0979. The number of sulfone groups is 1. The smallest absolute Gasteiger partial charge is 0.210 e. The van der Waals surface area contributed by atoms with Gasteiger partial charge in [-0.2, -0.15) is 0 Å². The lowest BCUT2D eigenvalue weighted by molar-refractivity contribution is 0.447. The first-order chi connectivity index (χ1) is 12.3. The third kappa shape index (κ3) is 3.36. The average molecular weight is 369 g/mol. The fourth-order valence-electron chi connectivity index (χ4n) is 2.76. The Hall–Kier alpha value is -2.99. The molecule has 0 aliphatic heterocycles. The number of ether oxygens (including phenoxy) is 1. The Morgan fingerprint density at radius 3 is 2.15 bits per heavy atom. The predicted octanol–water partition coefficient (Wildman–Crippen LogP) is 4.22. The number of hydrogen-bond donors (Lipinski definition) is 2. The van der Waals surface area contributed by atoms with Crippen LogP contribution >= 0.6 is 0 Å². The molecule has 0 heterocycles. The van der Waals surface area contributed by atoms with E-state index < -0.39 is 9.84 Å². The van der Waals surface area contributed by atoms with Gasteiger partial charge in [-0.1, -0.05) is 18.2 Å². The van der Waals surface area contributed by atoms with Gasteiger partial charge < -0.3 is 15.6 Å². The van der Waals surface area contributed by atoms with E-state index in [1.165, 1.54) is 30.3 Å². The number of anilines is 1. The topological polar surface area (TPSA) is 89.6 Å². The molecule has 0 saturated carbocycles. The van der Waals surface area contributed by atoms with Gasteiger partial charge in [0.2, 0.25) is 9.84 Å². The summed E-state index contributed by atoms with van der Waals surface area (Å²) in [5, 5.41) is 10.1. The zero-order chi connectivity index (χ0) is 18.9. The van der Waals surface area contributed by atoms with Crippen LogP contribution in [0.3, 0.4) is 0 Å². The van der Waals surface area contributed by atoms with Crippen LogP contribution in [0.25, 0.3) is 0 Å². The van der Waals surface area contributed by atoms with Gasteiger partial charge in [-0.15, -0.1) is 0 Å². The van der Waals surface area contributed by atoms with Crippen molar-refractivity contribution in [2.24, 2.45) is 0 Å². The number of aromatic hydroxyl groups is 1. The number of phenolic OH excluding ortho intramolecular Hbond substituents is 1. The summed E-state index contributed by atoms with van der Waals surface area (Å²) in [5.74, 6) is 0.591. The molecule has 0 spiro atoms. The average Bonchev–Trinajstić information content (AvgIpc) is 2.60. The lowest BCUT2D eigenvalue weighted by atomic mass is 10.1. The van der Waals surface area contributed by atoms with E-state index in [2.05, 4.69) is 0 Å². The lowest BCUT2D eigenvalue weighted by Gasteiger charge is -2.14. The number of nitrogen functional groups attached to an aromatic ring is 1. The quantitative estimate of drug-likeness (QED) is 0.672. The molecular weight excluding hydrogens is 350 g/mol. The summed E-state index contributed by atoms with van der Waals surface area (Å²) in [6, 6.07) is 15.7. The van der Waals surface area contributed by atoms with Crippen molar-refractivity contribution in [1.29, 1.82) is 0 Å². The van der Waals surface area contributed by atoms with Gasteiger partial charge in [0, 0.05) is 11.8 Å². The first-order valence-corrected chi connectivity index (χ1v) is 9.45. The van der Waals surface area contributed by atoms with Gasteiger partial charge in [0.1, 0.15) is 22.1 Å². The molecule has 6 heteroatoms. The SMILES string of the molecule is Cc1cc(N)cc(C)c1Oc1ccc(O)c(S(=O)(=O)c2ccccc2)c1. The summed E-state index contributed by atoms with van der Waals surface area (Å²) < 4.78 is 31.5. The van der Waals surface area contributed by atoms with Crippen molar-refractivity contribution >= 4 is 15.5 Å². The molecule has 3 aromatic rings. The fourth-order valence-corrected chi connectivity index (χ4v) is 4.15. The number of nitrogens with two attached hydrogens (primary N) is 1. The monoisotopic (exact) mass is 369 g/mol. The van der Waals surface area contributed by atoms with Gasteiger partial charge in [-0.3, -0.25) is 0 Å². The molecule has 0 amide bonds. The molecule has 0 aromatic heterocycles. The van der Waals surface area contributed by atoms with E-state index in [0.717, 1.165) is 11.1 Å². The maximum atomic E-state index is 12.8. The Morgan fingerprint density at radius 2 is 1.54 bits per heavy atom. The summed E-state index contributed by atoms with van der Waals surface area (Å²) in [7, 11) is -3.86. The van der Waals surface area contributed by atoms with Gasteiger partial charge in [0.25, 0.3) is 0 Å². The Balaban J connectivity index is 2.05. The van der Waals surface area contributed by atoms with E-state index in [9.17, 15) is 13.5 Å². The predicted molar refractivity (Wildman–Crippen MR) is 100 cm³/mol. The summed E-state index contributed by atoms with van der Waals surface area (Å²) in [6.45, 7) is 3.72. The van der Waals surface area contributed by atoms with Gasteiger partial charge in [0.15, 0.2) is 0 Å². The van der Waals surface area contributed by atoms with E-state index in [-0.39, 0.29) is 15.5 Å². The number of benzene rings is 3. The van der Waals surface area contributed by atoms with Crippen LogP contribution in [-0.2, 0) is 9.84 Å². The molecule has 0 unspecified atom stereocenters. The number of phenols is 1. The minimum Gasteiger partial charge on any atom is -0.507 e. The molecule has 0 atom stereocenters. The molecule has 0 bridgehead atoms. The first-order valence-electron chi connectivity index (χ1n) is 7.97. The standard InChI is InChI=1S/C20H19NO4S/c1-13-10-15(21)11-14(2)20(13)25-16-8-9-18(22)19(12-16)26(23,24)17-6-4-3-5-7-17/h3-12,22H,21H2,1-2H3. The maximum absolute atomic E-state index is 12.8. The highest BCUT2D eigenvalue weighted by Gasteiger charge is 2.22. The summed E-state index contributed by atoms with van der Waals surface area (Å²) in [5.41, 5.74) is 8.12. The molecule has 0 aliphatic carbocycles. The van der Waals surface area contributed by atoms with Crippen LogP contribution in [0.1, 0.15) is 11.1 Å². The Bertz CT molecular complexity index is 1040. The van der Waals surface area contributed by atoms with E-state index in [4.69, 9.17) is 10.5 Å². The molecule has 0 aliphatic rings. The Labute approximate surface area is 152 Å². The molecule has 3 rings (SSSR count). The second-order valence-corrected chi connectivity index (χ2v) is 7.95. The molecule has 3 aromatic carbocycles. The molecule has 0 radical (unpaired) electrons. The zero-order valence-electron chi connectivity index (χ0n) is 14.4. The summed E-state index contributed by atoms with van der Waals surface area (Å²) in [6.07, 6.45) is 0. The van der Waals surface area contributed by atoms with Crippen molar-refractivity contribution in [3.63, 3.8) is 0 Å². The Morgan fingerprint density at radius 1 is 0.923 bits per heavy atom. The largest absolute Gasteiger partial charge is 0.507 e. The van der Waals surface area contributed by atoms with Gasteiger partial charge in [0.05, 0.1) is 4.90 Å². The number of aryl methyl sites for hydroxylation is 2. The first kappa shape index (κ1) is 17.8. The molecule has 0 saturated heterocycles. The van der Waals surface area contributed by atoms with E-state index >= 15 is 0 Å². The molecule has 26 heavy (non-hydrogen) atoms. The molecule has 0 fully saturated rings. The number of hydrogen-bond acceptors (Lipinski definition) is 5. The second kappa shape index (κ2) is 6.72. The highest BCUT2D eigenvalue weighted by molar-refractivity contribution is 7.91. The fraction of sp³-hybridized carbons (Fsp3) is 0.100. The van der Waals surface area contributed by atoms with Crippen molar-refractivity contribution in [3.05, 3.63) is 71.8 Å². The zero-order valence-corrected chi connectivity index (χ0v) is 15.2. The van der Waals surface area contributed by atoms with E-state index in [0.29, 0.717) is 17.2 Å². The van der Waals surface area contributed by atoms with Gasteiger partial charge in [-0.25, -0.2) is 8.42 Å². The molecule has 5 nitrogen and oxygen atoms in total. The highest BCUT2D eigenvalue weighted by Crippen LogP contribution is 2.35. The normalized spacial score (nSPS) is 11.3. The lowest BCUT2D eigenvalue weighted by Crippen LogP contribution is -2.03. The van der Waals surface area contributed by atoms with Crippen LogP contribution in [0.2, 0.25) is 0 Å². The summed E-state index contributed by atoms with van der Waals surface area (Å²) >= 11 is 0. The molecular formula is C20H19NO4S. The highest BCUT2D eigenvalue weighted by atomic mass is 32.2. The van der Waals surface area contributed by atoms with Crippen LogP contribution in [0, 0.1) is 13.8 Å². The van der Waals surface area contributed by atoms with Crippen LogP contribution < -0.4 is 10.5 Å². The second-order valence-electron chi connectivity index (χ2n) is 6.03. The van der Waals surface area contributed by atoms with Crippen LogP contribution in [0.15, 0.2) is 70.5 Å². The van der Waals surface area contributed by atoms with Crippen LogP contribution in [0.4, 0.5) is 5.69 Å². The molecule has 134 valence electrons. The van der Waals surface area contributed by atoms with Crippen molar-refractivity contribution < 1.29 is 18.3 Å². The minimum atomic E-state index is -3.86. The van der Waals surface area contributed by atoms with E-state index in [1.807, 2.05) is 13.8 Å². The maximum Gasteiger partial charge on any atom is 0.210 e. The third-order valence-corrected chi connectivity index (χ3v) is 5.78. The Kier molecular flexibility index (Phi) is 4.61. The van der Waals surface area contributed by atoms with Gasteiger partial charge in [-0.05, 0) is 61.4 Å². The third-order valence-electron chi connectivity index (χ3n) is 3.98. The van der Waals surface area contributed by atoms with Crippen molar-refractivity contribution in [1.82, 2.24) is 0 Å². The van der Waals surface area contributed by atoms with Crippen LogP contribution in [0.5, 0.6) is 17.2 Å². The van der Waals surface area contributed by atoms with Crippen molar-refractivity contribution in [2.45, 2.75) is 23.6 Å².